The van der Waals surface area contributed by atoms with Gasteiger partial charge in [0.2, 0.25) is 0 Å². The van der Waals surface area contributed by atoms with Crippen molar-refractivity contribution in [1.82, 2.24) is 0 Å². The number of aliphatic imine (C=N–C) groups is 1. The Bertz CT molecular complexity index is 236. The molecule has 5 N–H and O–H groups in total. The number of carboxylic acids is 1. The second-order valence-corrected chi connectivity index (χ2v) is 3.83. The lowest BCUT2D eigenvalue weighted by atomic mass is 9.81. The van der Waals surface area contributed by atoms with Gasteiger partial charge in [-0.15, -0.1) is 0 Å². The quantitative estimate of drug-likeness (QED) is 0.444. The number of guanidine groups is 1. The Morgan fingerprint density at radius 2 is 2.14 bits per heavy atom. The molecule has 2 unspecified atom stereocenters. The van der Waals surface area contributed by atoms with E-state index in [0.29, 0.717) is 18.9 Å². The van der Waals surface area contributed by atoms with Gasteiger partial charge in [0.1, 0.15) is 0 Å². The van der Waals surface area contributed by atoms with E-state index in [2.05, 4.69) is 4.99 Å². The molecular formula is C9H17N3O2. The molecule has 5 nitrogen and oxygen atoms in total. The fourth-order valence-corrected chi connectivity index (χ4v) is 1.92. The number of nitrogens with zero attached hydrogens (tertiary/aromatic N) is 1. The van der Waals surface area contributed by atoms with Crippen molar-refractivity contribution < 1.29 is 9.90 Å². The number of hydrogen-bond acceptors (Lipinski definition) is 2. The van der Waals surface area contributed by atoms with Crippen molar-refractivity contribution >= 4 is 11.9 Å². The summed E-state index contributed by atoms with van der Waals surface area (Å²) in [6.07, 6.45) is 3.47. The molecule has 1 aliphatic rings. The van der Waals surface area contributed by atoms with E-state index in [9.17, 15) is 4.79 Å². The summed E-state index contributed by atoms with van der Waals surface area (Å²) >= 11 is 0. The van der Waals surface area contributed by atoms with E-state index in [1.54, 1.807) is 0 Å². The van der Waals surface area contributed by atoms with E-state index in [1.807, 2.05) is 0 Å². The zero-order valence-corrected chi connectivity index (χ0v) is 8.15. The lowest BCUT2D eigenvalue weighted by Gasteiger charge is -2.25. The Hall–Kier alpha value is -1.26. The minimum atomic E-state index is -0.695. The first-order chi connectivity index (χ1) is 6.59. The van der Waals surface area contributed by atoms with Gasteiger partial charge in [0, 0.05) is 6.54 Å². The average molecular weight is 199 g/mol. The van der Waals surface area contributed by atoms with Crippen molar-refractivity contribution in [3.8, 4) is 0 Å². The predicted octanol–water partition coefficient (Wildman–Crippen LogP) is 0.151. The van der Waals surface area contributed by atoms with E-state index in [0.717, 1.165) is 19.3 Å². The van der Waals surface area contributed by atoms with Crippen LogP contribution >= 0.6 is 0 Å². The summed E-state index contributed by atoms with van der Waals surface area (Å²) in [7, 11) is 0. The third kappa shape index (κ3) is 3.24. The second-order valence-electron chi connectivity index (χ2n) is 3.83. The number of rotatable bonds is 3. The Kier molecular flexibility index (Phi) is 3.73. The van der Waals surface area contributed by atoms with Crippen LogP contribution in [0.3, 0.4) is 0 Å². The molecule has 0 aliphatic heterocycles. The molecule has 0 aromatic carbocycles. The molecule has 0 bridgehead atoms. The van der Waals surface area contributed by atoms with Gasteiger partial charge in [0.15, 0.2) is 5.96 Å². The monoisotopic (exact) mass is 199 g/mol. The third-order valence-electron chi connectivity index (χ3n) is 2.66. The molecule has 80 valence electrons. The summed E-state index contributed by atoms with van der Waals surface area (Å²) in [6, 6.07) is 0. The van der Waals surface area contributed by atoms with Gasteiger partial charge in [-0.3, -0.25) is 9.79 Å². The normalized spacial score (nSPS) is 26.9. The first-order valence-corrected chi connectivity index (χ1v) is 4.87. The minimum absolute atomic E-state index is 0.0856. The van der Waals surface area contributed by atoms with Crippen LogP contribution in [0.2, 0.25) is 0 Å². The molecule has 2 atom stereocenters. The fourth-order valence-electron chi connectivity index (χ4n) is 1.92. The molecule has 5 heteroatoms. The smallest absolute Gasteiger partial charge is 0.306 e. The zero-order valence-electron chi connectivity index (χ0n) is 8.15. The van der Waals surface area contributed by atoms with Crippen LogP contribution in [-0.4, -0.2) is 23.6 Å². The topological polar surface area (TPSA) is 102 Å². The van der Waals surface area contributed by atoms with E-state index in [-0.39, 0.29) is 11.9 Å². The molecule has 0 amide bonds. The van der Waals surface area contributed by atoms with Gasteiger partial charge in [-0.25, -0.2) is 0 Å². The molecule has 1 rings (SSSR count). The van der Waals surface area contributed by atoms with Crippen molar-refractivity contribution in [2.75, 3.05) is 6.54 Å². The molecule has 1 aliphatic carbocycles. The van der Waals surface area contributed by atoms with Crippen LogP contribution in [0, 0.1) is 11.8 Å². The first-order valence-electron chi connectivity index (χ1n) is 4.87. The van der Waals surface area contributed by atoms with Gasteiger partial charge in [0.05, 0.1) is 5.92 Å². The predicted molar refractivity (Wildman–Crippen MR) is 53.8 cm³/mol. The summed E-state index contributed by atoms with van der Waals surface area (Å²) in [6.45, 7) is 0.562. The largest absolute Gasteiger partial charge is 0.481 e. The van der Waals surface area contributed by atoms with Crippen LogP contribution in [-0.2, 0) is 4.79 Å². The standard InChI is InChI=1S/C9H17N3O2/c10-9(11)12-5-6-2-1-3-7(4-6)8(13)14/h6-7H,1-5H2,(H,13,14)(H4,10,11,12). The maximum absolute atomic E-state index is 10.8. The highest BCUT2D eigenvalue weighted by Crippen LogP contribution is 2.29. The second kappa shape index (κ2) is 4.83. The molecular weight excluding hydrogens is 182 g/mol. The minimum Gasteiger partial charge on any atom is -0.481 e. The molecule has 0 heterocycles. The maximum Gasteiger partial charge on any atom is 0.306 e. The summed E-state index contributed by atoms with van der Waals surface area (Å²) in [5.74, 6) is -0.489. The molecule has 0 aromatic rings. The summed E-state index contributed by atoms with van der Waals surface area (Å²) in [4.78, 5) is 14.7. The molecule has 0 saturated heterocycles. The van der Waals surface area contributed by atoms with Gasteiger partial charge < -0.3 is 16.6 Å². The Balaban J connectivity index is 2.40. The van der Waals surface area contributed by atoms with Crippen LogP contribution in [0.5, 0.6) is 0 Å². The summed E-state index contributed by atoms with van der Waals surface area (Å²) < 4.78 is 0. The molecule has 1 saturated carbocycles. The number of carboxylic acid groups (broad SMARTS) is 1. The van der Waals surface area contributed by atoms with Crippen LogP contribution < -0.4 is 11.5 Å². The van der Waals surface area contributed by atoms with Crippen LogP contribution in [0.4, 0.5) is 0 Å². The number of aliphatic carboxylic acids is 1. The van der Waals surface area contributed by atoms with E-state index >= 15 is 0 Å². The van der Waals surface area contributed by atoms with Gasteiger partial charge in [-0.1, -0.05) is 6.42 Å². The Morgan fingerprint density at radius 3 is 2.71 bits per heavy atom. The van der Waals surface area contributed by atoms with Gasteiger partial charge >= 0.3 is 5.97 Å². The lowest BCUT2D eigenvalue weighted by Crippen LogP contribution is -2.27. The van der Waals surface area contributed by atoms with E-state index in [4.69, 9.17) is 16.6 Å². The molecule has 1 fully saturated rings. The molecule has 0 aromatic heterocycles. The third-order valence-corrected chi connectivity index (χ3v) is 2.66. The van der Waals surface area contributed by atoms with Gasteiger partial charge in [0.25, 0.3) is 0 Å². The fraction of sp³-hybridized carbons (Fsp3) is 0.778. The van der Waals surface area contributed by atoms with Crippen LogP contribution in [0.25, 0.3) is 0 Å². The zero-order chi connectivity index (χ0) is 10.6. The Morgan fingerprint density at radius 1 is 1.43 bits per heavy atom. The highest BCUT2D eigenvalue weighted by molar-refractivity contribution is 5.75. The number of hydrogen-bond donors (Lipinski definition) is 3. The van der Waals surface area contributed by atoms with Crippen LogP contribution in [0.1, 0.15) is 25.7 Å². The van der Waals surface area contributed by atoms with Crippen LogP contribution in [0.15, 0.2) is 4.99 Å². The molecule has 0 spiro atoms. The highest BCUT2D eigenvalue weighted by Gasteiger charge is 2.26. The SMILES string of the molecule is NC(N)=NCC1CCCC(C(=O)O)C1. The van der Waals surface area contributed by atoms with Crippen molar-refractivity contribution in [3.63, 3.8) is 0 Å². The highest BCUT2D eigenvalue weighted by atomic mass is 16.4. The van der Waals surface area contributed by atoms with Crippen molar-refractivity contribution in [2.45, 2.75) is 25.7 Å². The average Bonchev–Trinajstić information content (AvgIpc) is 2.15. The number of carbonyl (C=O) groups is 1. The van der Waals surface area contributed by atoms with Crippen molar-refractivity contribution in [1.29, 1.82) is 0 Å². The van der Waals surface area contributed by atoms with Gasteiger partial charge in [-0.2, -0.15) is 0 Å². The summed E-state index contributed by atoms with van der Waals surface area (Å²) in [5, 5.41) is 8.85. The maximum atomic E-state index is 10.8. The molecule has 0 radical (unpaired) electrons. The molecule has 14 heavy (non-hydrogen) atoms. The van der Waals surface area contributed by atoms with E-state index < -0.39 is 5.97 Å². The summed E-state index contributed by atoms with van der Waals surface area (Å²) in [5.41, 5.74) is 10.4. The van der Waals surface area contributed by atoms with Crippen molar-refractivity contribution in [3.05, 3.63) is 0 Å². The first kappa shape index (κ1) is 10.8. The lowest BCUT2D eigenvalue weighted by molar-refractivity contribution is -0.143. The Labute approximate surface area is 83.2 Å². The van der Waals surface area contributed by atoms with E-state index in [1.165, 1.54) is 0 Å². The number of nitrogens with two attached hydrogens (primary N) is 2. The van der Waals surface area contributed by atoms with Gasteiger partial charge in [-0.05, 0) is 25.2 Å². The van der Waals surface area contributed by atoms with Crippen molar-refractivity contribution in [2.24, 2.45) is 28.3 Å².